The first-order chi connectivity index (χ1) is 8.06. The average Bonchev–Trinajstić information content (AvgIpc) is 2.64. The Labute approximate surface area is 98.2 Å². The van der Waals surface area contributed by atoms with Gasteiger partial charge in [-0.25, -0.2) is 0 Å². The molecule has 0 radical (unpaired) electrons. The molecule has 1 N–H and O–H groups in total. The summed E-state index contributed by atoms with van der Waals surface area (Å²) in [6.07, 6.45) is 0.299. The zero-order valence-electron chi connectivity index (χ0n) is 9.77. The van der Waals surface area contributed by atoms with Crippen molar-refractivity contribution in [3.8, 4) is 0 Å². The Hall–Kier alpha value is -1.92. The van der Waals surface area contributed by atoms with Crippen LogP contribution in [-0.4, -0.2) is 39.4 Å². The van der Waals surface area contributed by atoms with Crippen LogP contribution >= 0.6 is 0 Å². The molecule has 1 unspecified atom stereocenters. The molecule has 7 heteroatoms. The summed E-state index contributed by atoms with van der Waals surface area (Å²) in [4.78, 5) is 28.8. The molecule has 1 aliphatic heterocycles. The van der Waals surface area contributed by atoms with Crippen LogP contribution in [0, 0.1) is 6.92 Å². The third kappa shape index (κ3) is 2.61. The highest BCUT2D eigenvalue weighted by Crippen LogP contribution is 2.07. The molecule has 2 amide bonds. The predicted molar refractivity (Wildman–Crippen MR) is 56.7 cm³/mol. The summed E-state index contributed by atoms with van der Waals surface area (Å²) in [6, 6.07) is -0.502. The van der Waals surface area contributed by atoms with Crippen LogP contribution in [-0.2, 0) is 16.1 Å². The maximum absolute atomic E-state index is 11.9. The molecule has 0 aromatic carbocycles. The molecule has 0 spiro atoms. The van der Waals surface area contributed by atoms with Crippen LogP contribution in [0.4, 0.5) is 0 Å². The Balaban J connectivity index is 2.08. The van der Waals surface area contributed by atoms with Gasteiger partial charge in [-0.15, -0.1) is 0 Å². The summed E-state index contributed by atoms with van der Waals surface area (Å²) in [5, 5.41) is 6.35. The zero-order valence-corrected chi connectivity index (χ0v) is 9.77. The van der Waals surface area contributed by atoms with Crippen LogP contribution in [0.3, 0.4) is 0 Å². The van der Waals surface area contributed by atoms with E-state index in [-0.39, 0.29) is 18.4 Å². The van der Waals surface area contributed by atoms with Gasteiger partial charge >= 0.3 is 0 Å². The second-order valence-corrected chi connectivity index (χ2v) is 4.03. The lowest BCUT2D eigenvalue weighted by Gasteiger charge is -2.20. The summed E-state index contributed by atoms with van der Waals surface area (Å²) in [6.45, 7) is 4.01. The van der Waals surface area contributed by atoms with Crippen LogP contribution in [0.25, 0.3) is 0 Å². The van der Waals surface area contributed by atoms with Crippen LogP contribution in [0.15, 0.2) is 4.52 Å². The van der Waals surface area contributed by atoms with Crippen molar-refractivity contribution in [1.29, 1.82) is 0 Å². The van der Waals surface area contributed by atoms with E-state index < -0.39 is 6.04 Å². The molecule has 2 rings (SSSR count). The molecule has 1 atom stereocenters. The van der Waals surface area contributed by atoms with Crippen LogP contribution < -0.4 is 5.32 Å². The summed E-state index contributed by atoms with van der Waals surface area (Å²) in [5.41, 5.74) is 0. The fourth-order valence-corrected chi connectivity index (χ4v) is 1.73. The third-order valence-corrected chi connectivity index (χ3v) is 2.57. The third-order valence-electron chi connectivity index (χ3n) is 2.57. The largest absolute Gasteiger partial charge is 0.345 e. The fraction of sp³-hybridized carbons (Fsp3) is 0.600. The van der Waals surface area contributed by atoms with E-state index in [1.807, 2.05) is 0 Å². The minimum absolute atomic E-state index is 0.113. The number of carbonyl (C=O) groups excluding carboxylic acids is 2. The minimum atomic E-state index is -0.502. The van der Waals surface area contributed by atoms with Gasteiger partial charge in [-0.05, 0) is 6.92 Å². The summed E-state index contributed by atoms with van der Waals surface area (Å²) >= 11 is 0. The highest BCUT2D eigenvalue weighted by Gasteiger charge is 2.27. The smallest absolute Gasteiger partial charge is 0.245 e. The van der Waals surface area contributed by atoms with Crippen LogP contribution in [0.5, 0.6) is 0 Å². The quantitative estimate of drug-likeness (QED) is 0.758. The number of nitrogens with one attached hydrogen (secondary N) is 1. The molecule has 0 saturated carbocycles. The molecule has 0 aliphatic carbocycles. The number of nitrogens with zero attached hydrogens (tertiary/aromatic N) is 3. The van der Waals surface area contributed by atoms with Gasteiger partial charge in [-0.1, -0.05) is 5.16 Å². The maximum Gasteiger partial charge on any atom is 0.245 e. The normalized spacial score (nSPS) is 21.3. The molecular formula is C10H14N4O3. The number of rotatable bonds is 2. The zero-order chi connectivity index (χ0) is 12.4. The van der Waals surface area contributed by atoms with Crippen molar-refractivity contribution in [2.45, 2.75) is 32.9 Å². The van der Waals surface area contributed by atoms with E-state index in [4.69, 9.17) is 4.52 Å². The maximum atomic E-state index is 11.9. The first kappa shape index (κ1) is 11.6. The highest BCUT2D eigenvalue weighted by atomic mass is 16.5. The minimum Gasteiger partial charge on any atom is -0.345 e. The second-order valence-electron chi connectivity index (χ2n) is 4.03. The van der Waals surface area contributed by atoms with Gasteiger partial charge in [0, 0.05) is 19.9 Å². The lowest BCUT2D eigenvalue weighted by Crippen LogP contribution is -2.42. The van der Waals surface area contributed by atoms with Gasteiger partial charge in [0.1, 0.15) is 6.04 Å². The number of amides is 2. The second kappa shape index (κ2) is 4.52. The van der Waals surface area contributed by atoms with Gasteiger partial charge in [-0.3, -0.25) is 9.59 Å². The molecule has 1 aromatic rings. The van der Waals surface area contributed by atoms with E-state index in [0.717, 1.165) is 0 Å². The predicted octanol–water partition coefficient (Wildman–Crippen LogP) is -0.385. The molecule has 2 heterocycles. The SMILES string of the molecule is Cc1nc(CN2CCC(=O)NC(C)C2=O)no1. The van der Waals surface area contributed by atoms with Gasteiger partial charge in [0.25, 0.3) is 0 Å². The van der Waals surface area contributed by atoms with E-state index in [0.29, 0.717) is 24.7 Å². The summed E-state index contributed by atoms with van der Waals surface area (Å²) in [5.74, 6) is 0.679. The van der Waals surface area contributed by atoms with E-state index >= 15 is 0 Å². The van der Waals surface area contributed by atoms with Gasteiger partial charge in [0.2, 0.25) is 17.7 Å². The Morgan fingerprint density at radius 3 is 2.94 bits per heavy atom. The van der Waals surface area contributed by atoms with Crippen LogP contribution in [0.2, 0.25) is 0 Å². The van der Waals surface area contributed by atoms with Crippen molar-refractivity contribution in [3.63, 3.8) is 0 Å². The Bertz CT molecular complexity index is 443. The number of aromatic nitrogens is 2. The highest BCUT2D eigenvalue weighted by molar-refractivity contribution is 5.89. The summed E-state index contributed by atoms with van der Waals surface area (Å²) < 4.78 is 4.84. The molecule has 0 bridgehead atoms. The standard InChI is InChI=1S/C10H14N4O3/c1-6-10(16)14(4-3-9(15)11-6)5-8-12-7(2)17-13-8/h6H,3-5H2,1-2H3,(H,11,15). The number of hydrogen-bond donors (Lipinski definition) is 1. The lowest BCUT2D eigenvalue weighted by atomic mass is 10.3. The van der Waals surface area contributed by atoms with Crippen molar-refractivity contribution in [2.24, 2.45) is 0 Å². The van der Waals surface area contributed by atoms with E-state index in [1.54, 1.807) is 18.7 Å². The number of hydrogen-bond acceptors (Lipinski definition) is 5. The van der Waals surface area contributed by atoms with Crippen molar-refractivity contribution in [1.82, 2.24) is 20.4 Å². The topological polar surface area (TPSA) is 88.3 Å². The van der Waals surface area contributed by atoms with Gasteiger partial charge in [0.15, 0.2) is 5.82 Å². The molecule has 1 aromatic heterocycles. The van der Waals surface area contributed by atoms with Crippen molar-refractivity contribution in [2.75, 3.05) is 6.54 Å². The Kier molecular flexibility index (Phi) is 3.08. The molecular weight excluding hydrogens is 224 g/mol. The Morgan fingerprint density at radius 1 is 1.53 bits per heavy atom. The molecule has 1 aliphatic rings. The van der Waals surface area contributed by atoms with E-state index in [1.165, 1.54) is 0 Å². The van der Waals surface area contributed by atoms with Crippen LogP contribution in [0.1, 0.15) is 25.1 Å². The Morgan fingerprint density at radius 2 is 2.29 bits per heavy atom. The molecule has 92 valence electrons. The first-order valence-electron chi connectivity index (χ1n) is 5.43. The number of carbonyl (C=O) groups is 2. The van der Waals surface area contributed by atoms with Crippen molar-refractivity contribution >= 4 is 11.8 Å². The van der Waals surface area contributed by atoms with Gasteiger partial charge < -0.3 is 14.7 Å². The van der Waals surface area contributed by atoms with E-state index in [2.05, 4.69) is 15.5 Å². The monoisotopic (exact) mass is 238 g/mol. The fourth-order valence-electron chi connectivity index (χ4n) is 1.73. The van der Waals surface area contributed by atoms with Crippen molar-refractivity contribution in [3.05, 3.63) is 11.7 Å². The van der Waals surface area contributed by atoms with Gasteiger partial charge in [0.05, 0.1) is 6.54 Å². The average molecular weight is 238 g/mol. The first-order valence-corrected chi connectivity index (χ1v) is 5.43. The molecule has 7 nitrogen and oxygen atoms in total. The van der Waals surface area contributed by atoms with E-state index in [9.17, 15) is 9.59 Å². The summed E-state index contributed by atoms with van der Waals surface area (Å²) in [7, 11) is 0. The molecule has 1 saturated heterocycles. The number of aryl methyl sites for hydroxylation is 1. The van der Waals surface area contributed by atoms with Gasteiger partial charge in [-0.2, -0.15) is 4.98 Å². The molecule has 1 fully saturated rings. The van der Waals surface area contributed by atoms with Crippen molar-refractivity contribution < 1.29 is 14.1 Å². The molecule has 17 heavy (non-hydrogen) atoms. The lowest BCUT2D eigenvalue weighted by molar-refractivity contribution is -0.133.